The standard InChI is InChI=1S/C19H16N4O5S/c1-2-27-19(26)16-13(12(8-20)17(21)29-16)9-28-15(24)7-14-10-5-3-4-6-11(10)18(25)23-22-14/h3-6H,2,7,9,21H2,1H3,(H,23,25). The minimum atomic E-state index is -0.641. The van der Waals surface area contributed by atoms with Crippen LogP contribution in [0.1, 0.15) is 33.4 Å². The number of carbonyl (C=O) groups is 2. The van der Waals surface area contributed by atoms with Crippen LogP contribution in [0.15, 0.2) is 29.1 Å². The summed E-state index contributed by atoms with van der Waals surface area (Å²) in [5.41, 5.74) is 6.08. The van der Waals surface area contributed by atoms with Gasteiger partial charge in [0.15, 0.2) is 0 Å². The van der Waals surface area contributed by atoms with E-state index in [1.807, 2.05) is 6.07 Å². The molecule has 0 aliphatic carbocycles. The van der Waals surface area contributed by atoms with E-state index < -0.39 is 11.9 Å². The summed E-state index contributed by atoms with van der Waals surface area (Å²) < 4.78 is 10.2. The zero-order valence-electron chi connectivity index (χ0n) is 15.4. The van der Waals surface area contributed by atoms with Crippen LogP contribution in [0.5, 0.6) is 0 Å². The molecule has 0 spiro atoms. The highest BCUT2D eigenvalue weighted by Crippen LogP contribution is 2.32. The monoisotopic (exact) mass is 412 g/mol. The summed E-state index contributed by atoms with van der Waals surface area (Å²) in [5, 5.41) is 16.7. The summed E-state index contributed by atoms with van der Waals surface area (Å²) in [6.07, 6.45) is -0.201. The number of nitrogen functional groups attached to an aromatic ring is 1. The van der Waals surface area contributed by atoms with Crippen molar-refractivity contribution < 1.29 is 19.1 Å². The predicted octanol–water partition coefficient (Wildman–Crippen LogP) is 1.90. The fourth-order valence-electron chi connectivity index (χ4n) is 2.75. The molecule has 2 aromatic heterocycles. The van der Waals surface area contributed by atoms with Crippen LogP contribution < -0.4 is 11.3 Å². The molecule has 3 rings (SSSR count). The molecule has 0 bridgehead atoms. The van der Waals surface area contributed by atoms with Gasteiger partial charge in [0, 0.05) is 10.9 Å². The van der Waals surface area contributed by atoms with Crippen molar-refractivity contribution in [3.8, 4) is 6.07 Å². The minimum Gasteiger partial charge on any atom is -0.462 e. The van der Waals surface area contributed by atoms with E-state index in [-0.39, 0.29) is 46.2 Å². The van der Waals surface area contributed by atoms with Crippen LogP contribution in [-0.2, 0) is 27.3 Å². The van der Waals surface area contributed by atoms with E-state index in [9.17, 15) is 19.6 Å². The third-order valence-electron chi connectivity index (χ3n) is 4.07. The topological polar surface area (TPSA) is 148 Å². The van der Waals surface area contributed by atoms with E-state index in [0.29, 0.717) is 16.5 Å². The van der Waals surface area contributed by atoms with Gasteiger partial charge in [0.05, 0.1) is 29.7 Å². The van der Waals surface area contributed by atoms with E-state index in [2.05, 4.69) is 10.2 Å². The Bertz CT molecular complexity index is 1190. The lowest BCUT2D eigenvalue weighted by Crippen LogP contribution is -2.16. The summed E-state index contributed by atoms with van der Waals surface area (Å²) in [6, 6.07) is 8.68. The molecule has 0 atom stereocenters. The van der Waals surface area contributed by atoms with Crippen LogP contribution in [0, 0.1) is 11.3 Å². The van der Waals surface area contributed by atoms with Gasteiger partial charge >= 0.3 is 11.9 Å². The highest BCUT2D eigenvalue weighted by molar-refractivity contribution is 7.18. The Morgan fingerprint density at radius 3 is 2.69 bits per heavy atom. The average Bonchev–Trinajstić information content (AvgIpc) is 3.04. The molecule has 0 radical (unpaired) electrons. The molecule has 0 aliphatic heterocycles. The van der Waals surface area contributed by atoms with Gasteiger partial charge in [0.1, 0.15) is 22.6 Å². The zero-order chi connectivity index (χ0) is 21.0. The maximum Gasteiger partial charge on any atom is 0.348 e. The lowest BCUT2D eigenvalue weighted by atomic mass is 10.1. The van der Waals surface area contributed by atoms with E-state index in [0.717, 1.165) is 11.3 Å². The fourth-order valence-corrected chi connectivity index (χ4v) is 3.67. The summed E-state index contributed by atoms with van der Waals surface area (Å²) in [4.78, 5) is 36.4. The molecule has 29 heavy (non-hydrogen) atoms. The number of H-pyrrole nitrogens is 1. The van der Waals surface area contributed by atoms with E-state index in [1.54, 1.807) is 31.2 Å². The summed E-state index contributed by atoms with van der Waals surface area (Å²) in [5.74, 6) is -1.27. The van der Waals surface area contributed by atoms with Crippen LogP contribution >= 0.6 is 11.3 Å². The molecule has 3 aromatic rings. The summed E-state index contributed by atoms with van der Waals surface area (Å²) >= 11 is 0.910. The number of nitrogens with one attached hydrogen (secondary N) is 1. The van der Waals surface area contributed by atoms with Crippen molar-refractivity contribution >= 4 is 39.0 Å². The number of hydrogen-bond donors (Lipinski definition) is 2. The van der Waals surface area contributed by atoms with Crippen LogP contribution in [0.25, 0.3) is 10.8 Å². The first-order valence-electron chi connectivity index (χ1n) is 8.56. The number of aromatic amines is 1. The Morgan fingerprint density at radius 1 is 1.28 bits per heavy atom. The Balaban J connectivity index is 1.80. The molecule has 1 aromatic carbocycles. The normalized spacial score (nSPS) is 10.5. The Hall–Kier alpha value is -3.71. The number of rotatable bonds is 6. The highest BCUT2D eigenvalue weighted by atomic mass is 32.1. The molecule has 3 N–H and O–H groups in total. The van der Waals surface area contributed by atoms with E-state index in [4.69, 9.17) is 15.2 Å². The third-order valence-corrected chi connectivity index (χ3v) is 5.11. The molecule has 9 nitrogen and oxygen atoms in total. The SMILES string of the molecule is CCOC(=O)c1sc(N)c(C#N)c1COC(=O)Cc1n[nH]c(=O)c2ccccc12. The molecule has 0 saturated heterocycles. The first kappa shape index (κ1) is 20.0. The number of aromatic nitrogens is 2. The second-order valence-corrected chi connectivity index (χ2v) is 6.92. The van der Waals surface area contributed by atoms with Gasteiger partial charge in [-0.3, -0.25) is 9.59 Å². The smallest absolute Gasteiger partial charge is 0.348 e. The van der Waals surface area contributed by atoms with Crippen LogP contribution in [-0.4, -0.2) is 28.7 Å². The Kier molecular flexibility index (Phi) is 5.90. The van der Waals surface area contributed by atoms with Crippen molar-refractivity contribution in [1.82, 2.24) is 10.2 Å². The van der Waals surface area contributed by atoms with Gasteiger partial charge in [0.25, 0.3) is 5.56 Å². The minimum absolute atomic E-state index is 0.0819. The molecule has 0 fully saturated rings. The molecular formula is C19H16N4O5S. The fraction of sp³-hybridized carbons (Fsp3) is 0.211. The Morgan fingerprint density at radius 2 is 2.00 bits per heavy atom. The van der Waals surface area contributed by atoms with Crippen LogP contribution in [0.4, 0.5) is 5.00 Å². The second-order valence-electron chi connectivity index (χ2n) is 5.86. The number of nitrogens with two attached hydrogens (primary N) is 1. The zero-order valence-corrected chi connectivity index (χ0v) is 16.2. The molecule has 0 unspecified atom stereocenters. The first-order chi connectivity index (χ1) is 14.0. The lowest BCUT2D eigenvalue weighted by molar-refractivity contribution is -0.144. The molecule has 0 saturated carbocycles. The number of fused-ring (bicyclic) bond motifs is 1. The first-order valence-corrected chi connectivity index (χ1v) is 9.38. The van der Waals surface area contributed by atoms with Crippen LogP contribution in [0.3, 0.4) is 0 Å². The van der Waals surface area contributed by atoms with Crippen molar-refractivity contribution in [3.05, 3.63) is 56.3 Å². The van der Waals surface area contributed by atoms with Crippen molar-refractivity contribution in [1.29, 1.82) is 5.26 Å². The summed E-state index contributed by atoms with van der Waals surface area (Å²) in [6.45, 7) is 1.49. The largest absolute Gasteiger partial charge is 0.462 e. The van der Waals surface area contributed by atoms with E-state index >= 15 is 0 Å². The number of carbonyl (C=O) groups excluding carboxylic acids is 2. The number of benzene rings is 1. The van der Waals surface area contributed by atoms with Crippen molar-refractivity contribution in [2.75, 3.05) is 12.3 Å². The maximum absolute atomic E-state index is 12.3. The van der Waals surface area contributed by atoms with Crippen molar-refractivity contribution in [3.63, 3.8) is 0 Å². The van der Waals surface area contributed by atoms with Crippen molar-refractivity contribution in [2.24, 2.45) is 0 Å². The van der Waals surface area contributed by atoms with Gasteiger partial charge in [-0.25, -0.2) is 9.89 Å². The van der Waals surface area contributed by atoms with Gasteiger partial charge in [-0.05, 0) is 13.0 Å². The van der Waals surface area contributed by atoms with Gasteiger partial charge in [-0.1, -0.05) is 18.2 Å². The summed E-state index contributed by atoms with van der Waals surface area (Å²) in [7, 11) is 0. The number of nitriles is 1. The molecule has 148 valence electrons. The molecule has 0 aliphatic rings. The number of thiophene rings is 1. The third kappa shape index (κ3) is 4.09. The van der Waals surface area contributed by atoms with Crippen molar-refractivity contribution in [2.45, 2.75) is 20.0 Å². The molecule has 10 heteroatoms. The van der Waals surface area contributed by atoms with Gasteiger partial charge < -0.3 is 15.2 Å². The molecule has 2 heterocycles. The van der Waals surface area contributed by atoms with Crippen LogP contribution in [0.2, 0.25) is 0 Å². The number of ether oxygens (including phenoxy) is 2. The lowest BCUT2D eigenvalue weighted by Gasteiger charge is -2.08. The predicted molar refractivity (Wildman–Crippen MR) is 105 cm³/mol. The molecule has 0 amide bonds. The number of hydrogen-bond acceptors (Lipinski definition) is 9. The molecular weight excluding hydrogens is 396 g/mol. The maximum atomic E-state index is 12.3. The number of esters is 2. The van der Waals surface area contributed by atoms with Gasteiger partial charge in [0.2, 0.25) is 0 Å². The quantitative estimate of drug-likeness (QED) is 0.583. The van der Waals surface area contributed by atoms with Gasteiger partial charge in [-0.15, -0.1) is 11.3 Å². The number of anilines is 1. The highest BCUT2D eigenvalue weighted by Gasteiger charge is 2.24. The second kappa shape index (κ2) is 8.53. The Labute approximate surface area is 168 Å². The van der Waals surface area contributed by atoms with Gasteiger partial charge in [-0.2, -0.15) is 10.4 Å². The number of nitrogens with zero attached hydrogens (tertiary/aromatic N) is 2. The average molecular weight is 412 g/mol. The van der Waals surface area contributed by atoms with E-state index in [1.165, 1.54) is 0 Å².